The van der Waals surface area contributed by atoms with Crippen molar-refractivity contribution in [2.75, 3.05) is 11.1 Å². The van der Waals surface area contributed by atoms with Crippen LogP contribution in [0.25, 0.3) is 0 Å². The van der Waals surface area contributed by atoms with Gasteiger partial charge in [0.05, 0.1) is 18.8 Å². The number of rotatable bonds is 8. The number of aliphatic hydroxyl groups is 1. The summed E-state index contributed by atoms with van der Waals surface area (Å²) in [5, 5.41) is 29.0. The fraction of sp³-hybridized carbons (Fsp3) is 0.486. The zero-order chi connectivity index (χ0) is 30.3. The average molecular weight is 616 g/mol. The van der Waals surface area contributed by atoms with Crippen LogP contribution in [-0.4, -0.2) is 28.5 Å². The lowest BCUT2D eigenvalue weighted by Crippen LogP contribution is -2.60. The standard InChI is InChI=1S/C35H41N3O5S/c1-22-30(21-44-31-7-2-3-12-38(31)41)42-33(43-32(22)27-10-8-23(20-39)9-11-27)28-5-4-6-29(16-28)36-34(40)37-35-17-24-13-25(18-35)15-26(14-24)19-35/h2-12,16,22,24-26,30,32-33,39H,13-15,17-21H2,1H3,(H2,36,37,40)/t22-,24?,25?,26?,30+,32+,33+,35?/m0/s1. The predicted octanol–water partition coefficient (Wildman–Crippen LogP) is 6.49. The molecule has 1 saturated heterocycles. The monoisotopic (exact) mass is 615 g/mol. The number of nitrogens with one attached hydrogen (secondary N) is 2. The smallest absolute Gasteiger partial charge is 0.319 e. The van der Waals surface area contributed by atoms with Crippen molar-refractivity contribution in [2.24, 2.45) is 23.7 Å². The van der Waals surface area contributed by atoms with Crippen LogP contribution in [0.3, 0.4) is 0 Å². The van der Waals surface area contributed by atoms with Crippen molar-refractivity contribution in [3.63, 3.8) is 0 Å². The van der Waals surface area contributed by atoms with Gasteiger partial charge in [-0.2, -0.15) is 4.73 Å². The average Bonchev–Trinajstić information content (AvgIpc) is 3.00. The Labute approximate surface area is 263 Å². The molecule has 44 heavy (non-hydrogen) atoms. The van der Waals surface area contributed by atoms with Gasteiger partial charge in [0, 0.05) is 40.6 Å². The number of hydrogen-bond acceptors (Lipinski definition) is 6. The van der Waals surface area contributed by atoms with Gasteiger partial charge in [-0.3, -0.25) is 0 Å². The molecule has 8 nitrogen and oxygen atoms in total. The first-order valence-corrected chi connectivity index (χ1v) is 16.9. The zero-order valence-corrected chi connectivity index (χ0v) is 25.9. The first-order chi connectivity index (χ1) is 21.4. The molecule has 3 aromatic rings. The van der Waals surface area contributed by atoms with E-state index in [1.807, 2.05) is 60.7 Å². The van der Waals surface area contributed by atoms with Gasteiger partial charge in [-0.05, 0) is 85.6 Å². The molecule has 1 aromatic heterocycles. The molecule has 4 saturated carbocycles. The molecule has 8 rings (SSSR count). The van der Waals surface area contributed by atoms with E-state index in [0.717, 1.165) is 58.4 Å². The molecule has 4 bridgehead atoms. The summed E-state index contributed by atoms with van der Waals surface area (Å²) >= 11 is 1.47. The summed E-state index contributed by atoms with van der Waals surface area (Å²) in [5.74, 6) is 2.84. The summed E-state index contributed by atoms with van der Waals surface area (Å²) in [5.41, 5.74) is 3.29. The van der Waals surface area contributed by atoms with E-state index < -0.39 is 6.29 Å². The number of carbonyl (C=O) groups is 1. The van der Waals surface area contributed by atoms with E-state index in [2.05, 4.69) is 17.6 Å². The lowest BCUT2D eigenvalue weighted by molar-refractivity contribution is -0.645. The quantitative estimate of drug-likeness (QED) is 0.152. The number of ether oxygens (including phenoxy) is 2. The Morgan fingerprint density at radius 3 is 2.39 bits per heavy atom. The van der Waals surface area contributed by atoms with Crippen molar-refractivity contribution in [2.45, 2.75) is 81.1 Å². The van der Waals surface area contributed by atoms with Gasteiger partial charge in [-0.1, -0.05) is 55.1 Å². The Bertz CT molecular complexity index is 1450. The number of carbonyl (C=O) groups excluding carboxylic acids is 1. The van der Waals surface area contributed by atoms with Gasteiger partial charge >= 0.3 is 6.03 Å². The minimum atomic E-state index is -0.664. The number of aromatic nitrogens is 1. The Morgan fingerprint density at radius 2 is 1.70 bits per heavy atom. The van der Waals surface area contributed by atoms with Crippen LogP contribution in [0.15, 0.2) is 78.0 Å². The summed E-state index contributed by atoms with van der Waals surface area (Å²) in [6.45, 7) is 2.09. The van der Waals surface area contributed by atoms with Crippen molar-refractivity contribution < 1.29 is 24.1 Å². The molecule has 5 aliphatic rings. The van der Waals surface area contributed by atoms with Crippen LogP contribution in [0.4, 0.5) is 10.5 Å². The lowest BCUT2D eigenvalue weighted by atomic mass is 9.53. The highest BCUT2D eigenvalue weighted by molar-refractivity contribution is 7.99. The third kappa shape index (κ3) is 6.20. The molecular weight excluding hydrogens is 574 g/mol. The van der Waals surface area contributed by atoms with Crippen LogP contribution in [0.1, 0.15) is 74.5 Å². The first kappa shape index (κ1) is 29.6. The van der Waals surface area contributed by atoms with E-state index in [0.29, 0.717) is 16.5 Å². The zero-order valence-electron chi connectivity index (χ0n) is 25.1. The van der Waals surface area contributed by atoms with Crippen LogP contribution >= 0.6 is 11.8 Å². The van der Waals surface area contributed by atoms with Gasteiger partial charge in [-0.25, -0.2) is 4.79 Å². The molecule has 3 N–H and O–H groups in total. The molecule has 0 unspecified atom stereocenters. The molecule has 0 spiro atoms. The molecule has 4 aliphatic carbocycles. The van der Waals surface area contributed by atoms with Gasteiger partial charge in [-0.15, -0.1) is 0 Å². The molecule has 0 radical (unpaired) electrons. The minimum absolute atomic E-state index is 0.00472. The second-order valence-corrected chi connectivity index (χ2v) is 14.4. The number of hydrogen-bond donors (Lipinski definition) is 3. The predicted molar refractivity (Wildman–Crippen MR) is 169 cm³/mol. The topological polar surface area (TPSA) is 107 Å². The molecule has 2 heterocycles. The van der Waals surface area contributed by atoms with Gasteiger partial charge in [0.25, 0.3) is 5.03 Å². The lowest BCUT2D eigenvalue weighted by Gasteiger charge is -2.56. The second-order valence-electron chi connectivity index (χ2n) is 13.4. The number of thioether (sulfide) groups is 1. The number of urea groups is 1. The molecule has 5 fully saturated rings. The molecule has 1 aliphatic heterocycles. The summed E-state index contributed by atoms with van der Waals surface area (Å²) in [6.07, 6.45) is 7.66. The molecule has 2 aromatic carbocycles. The van der Waals surface area contributed by atoms with Crippen LogP contribution in [0.5, 0.6) is 0 Å². The molecule has 2 amide bonds. The third-order valence-electron chi connectivity index (χ3n) is 10.1. The number of pyridine rings is 1. The van der Waals surface area contributed by atoms with Gasteiger partial charge in [0.15, 0.2) is 12.5 Å². The highest BCUT2D eigenvalue weighted by Crippen LogP contribution is 2.55. The van der Waals surface area contributed by atoms with E-state index >= 15 is 0 Å². The number of nitrogens with zero attached hydrogens (tertiary/aromatic N) is 1. The van der Waals surface area contributed by atoms with Crippen molar-refractivity contribution in [1.29, 1.82) is 0 Å². The third-order valence-corrected chi connectivity index (χ3v) is 11.2. The van der Waals surface area contributed by atoms with Crippen LogP contribution in [0, 0.1) is 28.9 Å². The Morgan fingerprint density at radius 1 is 0.977 bits per heavy atom. The molecule has 4 atom stereocenters. The number of anilines is 1. The maximum Gasteiger partial charge on any atom is 0.319 e. The number of benzene rings is 2. The number of amides is 2. The van der Waals surface area contributed by atoms with Gasteiger partial charge < -0.3 is 30.4 Å². The minimum Gasteiger partial charge on any atom is -0.618 e. The SMILES string of the molecule is C[C@H]1[C@@H](CSc2cccc[n+]2[O-])O[C@@H](c2cccc(NC(=O)NC34CC5CC(CC(C5)C3)C4)c2)O[C@H]1c1ccc(CO)cc1. The number of aliphatic hydroxyl groups excluding tert-OH is 1. The Balaban J connectivity index is 1.08. The fourth-order valence-corrected chi connectivity index (χ4v) is 9.51. The van der Waals surface area contributed by atoms with Crippen molar-refractivity contribution in [3.8, 4) is 0 Å². The van der Waals surface area contributed by atoms with E-state index in [-0.39, 0.29) is 36.3 Å². The van der Waals surface area contributed by atoms with E-state index in [9.17, 15) is 15.1 Å². The summed E-state index contributed by atoms with van der Waals surface area (Å²) in [7, 11) is 0. The maximum atomic E-state index is 13.3. The second kappa shape index (κ2) is 12.4. The highest BCUT2D eigenvalue weighted by atomic mass is 32.2. The van der Waals surface area contributed by atoms with E-state index in [1.54, 1.807) is 6.07 Å². The highest BCUT2D eigenvalue weighted by Gasteiger charge is 2.51. The molecule has 9 heteroatoms. The maximum absolute atomic E-state index is 13.3. The molecular formula is C35H41N3O5S. The van der Waals surface area contributed by atoms with Crippen molar-refractivity contribution in [3.05, 3.63) is 94.8 Å². The van der Waals surface area contributed by atoms with Gasteiger partial charge in [0.2, 0.25) is 0 Å². The largest absolute Gasteiger partial charge is 0.618 e. The fourth-order valence-electron chi connectivity index (χ4n) is 8.43. The van der Waals surface area contributed by atoms with Crippen LogP contribution < -0.4 is 15.4 Å². The van der Waals surface area contributed by atoms with E-state index in [1.165, 1.54) is 37.2 Å². The van der Waals surface area contributed by atoms with Gasteiger partial charge in [0.1, 0.15) is 0 Å². The summed E-state index contributed by atoms with van der Waals surface area (Å²) in [6, 6.07) is 20.8. The summed E-state index contributed by atoms with van der Waals surface area (Å²) in [4.78, 5) is 13.3. The molecule has 232 valence electrons. The van der Waals surface area contributed by atoms with Crippen LogP contribution in [-0.2, 0) is 16.1 Å². The normalized spacial score (nSPS) is 32.4. The van der Waals surface area contributed by atoms with Crippen LogP contribution in [0.2, 0.25) is 0 Å². The summed E-state index contributed by atoms with van der Waals surface area (Å²) < 4.78 is 14.1. The van der Waals surface area contributed by atoms with Crippen molar-refractivity contribution in [1.82, 2.24) is 5.32 Å². The first-order valence-electron chi connectivity index (χ1n) is 15.9. The Hall–Kier alpha value is -3.11. The Kier molecular flexibility index (Phi) is 8.31. The van der Waals surface area contributed by atoms with Crippen molar-refractivity contribution >= 4 is 23.5 Å². The van der Waals surface area contributed by atoms with E-state index in [4.69, 9.17) is 9.47 Å².